The van der Waals surface area contributed by atoms with Gasteiger partial charge in [0, 0.05) is 44.0 Å². The molecule has 0 saturated carbocycles. The summed E-state index contributed by atoms with van der Waals surface area (Å²) in [6.07, 6.45) is 1.64. The van der Waals surface area contributed by atoms with Crippen LogP contribution in [0.25, 0.3) is 6.08 Å². The molecule has 0 radical (unpaired) electrons. The quantitative estimate of drug-likeness (QED) is 0.484. The number of fused-ring (bicyclic) bond motifs is 1. The van der Waals surface area contributed by atoms with Crippen LogP contribution in [0, 0.1) is 12.7 Å². The molecular weight excluding hydrogens is 475 g/mol. The van der Waals surface area contributed by atoms with Crippen LogP contribution < -0.4 is 19.1 Å². The molecule has 2 aliphatic rings. The lowest BCUT2D eigenvalue weighted by Gasteiger charge is -2.36. The number of nitrogens with zero attached hydrogens (tertiary/aromatic N) is 2. The van der Waals surface area contributed by atoms with Gasteiger partial charge in [0.05, 0.1) is 25.3 Å². The topological polar surface area (TPSA) is 71.5 Å². The summed E-state index contributed by atoms with van der Waals surface area (Å²) in [6.45, 7) is 5.26. The minimum atomic E-state index is -0.251. The highest BCUT2D eigenvalue weighted by Gasteiger charge is 2.34. The molecule has 37 heavy (non-hydrogen) atoms. The van der Waals surface area contributed by atoms with Crippen molar-refractivity contribution in [2.45, 2.75) is 13.5 Å². The molecule has 1 fully saturated rings. The molecule has 1 saturated heterocycles. The second-order valence-corrected chi connectivity index (χ2v) is 9.18. The van der Waals surface area contributed by atoms with Crippen molar-refractivity contribution in [2.75, 3.05) is 45.3 Å². The van der Waals surface area contributed by atoms with Crippen LogP contribution in [0.2, 0.25) is 0 Å². The van der Waals surface area contributed by atoms with E-state index in [1.54, 1.807) is 63.6 Å². The Balaban J connectivity index is 1.38. The molecule has 2 aliphatic heterocycles. The molecular formula is C29H29FN2O5. The molecule has 192 valence electrons. The largest absolute Gasteiger partial charge is 0.507 e. The van der Waals surface area contributed by atoms with Gasteiger partial charge in [0.2, 0.25) is 5.78 Å². The molecule has 0 atom stereocenters. The van der Waals surface area contributed by atoms with Gasteiger partial charge < -0.3 is 24.2 Å². The number of aromatic hydroxyl groups is 1. The van der Waals surface area contributed by atoms with Crippen molar-refractivity contribution in [1.29, 1.82) is 0 Å². The third-order valence-corrected chi connectivity index (χ3v) is 6.89. The molecule has 3 aromatic carbocycles. The maximum absolute atomic E-state index is 13.4. The van der Waals surface area contributed by atoms with Crippen molar-refractivity contribution in [3.63, 3.8) is 0 Å². The van der Waals surface area contributed by atoms with Crippen LogP contribution in [0.5, 0.6) is 23.0 Å². The number of rotatable bonds is 6. The number of hydrogen-bond donors (Lipinski definition) is 1. The Morgan fingerprint density at radius 2 is 1.76 bits per heavy atom. The lowest BCUT2D eigenvalue weighted by molar-refractivity contribution is 0.101. The summed E-state index contributed by atoms with van der Waals surface area (Å²) in [5.74, 6) is 1.39. The highest BCUT2D eigenvalue weighted by molar-refractivity contribution is 6.16. The van der Waals surface area contributed by atoms with E-state index >= 15 is 0 Å². The van der Waals surface area contributed by atoms with Gasteiger partial charge in [-0.2, -0.15) is 0 Å². The lowest BCUT2D eigenvalue weighted by atomic mass is 9.99. The maximum Gasteiger partial charge on any atom is 0.232 e. The number of carbonyl (C=O) groups excluding carboxylic acids is 1. The van der Waals surface area contributed by atoms with Crippen molar-refractivity contribution >= 4 is 17.5 Å². The number of ketones is 1. The minimum absolute atomic E-state index is 0.102. The molecule has 0 aliphatic carbocycles. The average Bonchev–Trinajstić information content (AvgIpc) is 3.23. The number of piperazine rings is 1. The maximum atomic E-state index is 13.4. The molecule has 0 bridgehead atoms. The van der Waals surface area contributed by atoms with Crippen LogP contribution in [0.3, 0.4) is 0 Å². The molecule has 3 aromatic rings. The van der Waals surface area contributed by atoms with E-state index in [0.717, 1.165) is 31.9 Å². The fraction of sp³-hybridized carbons (Fsp3) is 0.276. The van der Waals surface area contributed by atoms with E-state index in [0.29, 0.717) is 46.0 Å². The number of anilines is 1. The number of allylic oxidation sites excluding steroid dienone is 1. The number of phenolic OH excluding ortho intramolecular Hbond substituents is 1. The van der Waals surface area contributed by atoms with Gasteiger partial charge in [-0.1, -0.05) is 0 Å². The first kappa shape index (κ1) is 24.6. The summed E-state index contributed by atoms with van der Waals surface area (Å²) in [6, 6.07) is 13.5. The number of aryl methyl sites for hydroxylation is 1. The molecule has 0 amide bonds. The Bertz CT molecular complexity index is 1360. The first-order chi connectivity index (χ1) is 17.9. The zero-order valence-electron chi connectivity index (χ0n) is 21.1. The third kappa shape index (κ3) is 4.84. The van der Waals surface area contributed by atoms with Crippen LogP contribution in [0.1, 0.15) is 27.0 Å². The van der Waals surface area contributed by atoms with Crippen molar-refractivity contribution in [3.05, 3.63) is 82.4 Å². The zero-order chi connectivity index (χ0) is 26.1. The first-order valence-electron chi connectivity index (χ1n) is 12.1. The second-order valence-electron chi connectivity index (χ2n) is 9.18. The summed E-state index contributed by atoms with van der Waals surface area (Å²) in [7, 11) is 3.13. The number of halogens is 1. The number of carbonyl (C=O) groups is 1. The van der Waals surface area contributed by atoms with E-state index in [9.17, 15) is 14.3 Å². The van der Waals surface area contributed by atoms with Gasteiger partial charge in [0.15, 0.2) is 5.76 Å². The van der Waals surface area contributed by atoms with E-state index in [4.69, 9.17) is 14.2 Å². The summed E-state index contributed by atoms with van der Waals surface area (Å²) in [5.41, 5.74) is 3.34. The minimum Gasteiger partial charge on any atom is -0.507 e. The van der Waals surface area contributed by atoms with Gasteiger partial charge in [-0.25, -0.2) is 4.39 Å². The fourth-order valence-electron chi connectivity index (χ4n) is 4.87. The fourth-order valence-corrected chi connectivity index (χ4v) is 4.87. The third-order valence-electron chi connectivity index (χ3n) is 6.89. The molecule has 0 aromatic heterocycles. The Kier molecular flexibility index (Phi) is 6.76. The van der Waals surface area contributed by atoms with Crippen LogP contribution in [0.4, 0.5) is 10.1 Å². The number of phenols is 1. The van der Waals surface area contributed by atoms with Crippen LogP contribution in [-0.4, -0.2) is 56.2 Å². The summed E-state index contributed by atoms with van der Waals surface area (Å²) in [5, 5.41) is 10.8. The first-order valence-corrected chi connectivity index (χ1v) is 12.1. The molecule has 0 spiro atoms. The summed E-state index contributed by atoms with van der Waals surface area (Å²) >= 11 is 0. The number of Topliss-reactive ketones (excluding diaryl/α,β-unsaturated/α-hetero) is 1. The average molecular weight is 505 g/mol. The predicted molar refractivity (Wildman–Crippen MR) is 139 cm³/mol. The molecule has 8 heteroatoms. The van der Waals surface area contributed by atoms with E-state index < -0.39 is 0 Å². The second kappa shape index (κ2) is 10.1. The lowest BCUT2D eigenvalue weighted by Crippen LogP contribution is -2.46. The standard InChI is InChI=1S/C29H29FN2O5/c1-18-14-24(33)23(17-31-10-12-32(13-11-31)21-6-4-20(30)5-7-21)29-27(18)28(34)26(37-29)16-19-15-22(35-2)8-9-25(19)36-3/h4-9,14-16,33H,10-13,17H2,1-3H3/b26-16-. The number of ether oxygens (including phenoxy) is 3. The van der Waals surface area contributed by atoms with Crippen molar-refractivity contribution in [2.24, 2.45) is 0 Å². The Morgan fingerprint density at radius 1 is 1.03 bits per heavy atom. The van der Waals surface area contributed by atoms with Crippen LogP contribution in [0.15, 0.2) is 54.3 Å². The van der Waals surface area contributed by atoms with Gasteiger partial charge in [-0.15, -0.1) is 0 Å². The van der Waals surface area contributed by atoms with E-state index in [1.165, 1.54) is 12.1 Å². The number of benzene rings is 3. The Hall–Kier alpha value is -4.04. The Morgan fingerprint density at radius 3 is 2.43 bits per heavy atom. The molecule has 7 nitrogen and oxygen atoms in total. The molecule has 1 N–H and O–H groups in total. The van der Waals surface area contributed by atoms with E-state index in [-0.39, 0.29) is 23.1 Å². The van der Waals surface area contributed by atoms with Crippen molar-refractivity contribution in [1.82, 2.24) is 4.90 Å². The monoisotopic (exact) mass is 504 g/mol. The Labute approximate surface area is 215 Å². The number of hydrogen-bond acceptors (Lipinski definition) is 7. The normalized spacial score (nSPS) is 16.6. The van der Waals surface area contributed by atoms with E-state index in [2.05, 4.69) is 9.80 Å². The van der Waals surface area contributed by atoms with Crippen LogP contribution in [-0.2, 0) is 6.54 Å². The van der Waals surface area contributed by atoms with Gasteiger partial charge in [0.25, 0.3) is 0 Å². The predicted octanol–water partition coefficient (Wildman–Crippen LogP) is 4.80. The van der Waals surface area contributed by atoms with Gasteiger partial charge in [-0.05, 0) is 67.1 Å². The van der Waals surface area contributed by atoms with Crippen molar-refractivity contribution in [3.8, 4) is 23.0 Å². The smallest absolute Gasteiger partial charge is 0.232 e. The van der Waals surface area contributed by atoms with Gasteiger partial charge in [-0.3, -0.25) is 9.69 Å². The SMILES string of the molecule is COc1ccc(OC)c(/C=C2\Oc3c(CN4CCN(c5ccc(F)cc5)CC4)c(O)cc(C)c3C2=O)c1. The highest BCUT2D eigenvalue weighted by Crippen LogP contribution is 2.43. The molecule has 5 rings (SSSR count). The molecule has 2 heterocycles. The van der Waals surface area contributed by atoms with Gasteiger partial charge >= 0.3 is 0 Å². The van der Waals surface area contributed by atoms with Crippen LogP contribution >= 0.6 is 0 Å². The summed E-state index contributed by atoms with van der Waals surface area (Å²) < 4.78 is 30.2. The molecule has 0 unspecified atom stereocenters. The van der Waals surface area contributed by atoms with Crippen molar-refractivity contribution < 1.29 is 28.5 Å². The summed E-state index contributed by atoms with van der Waals surface area (Å²) in [4.78, 5) is 17.8. The number of methoxy groups -OCH3 is 2. The van der Waals surface area contributed by atoms with E-state index in [1.807, 2.05) is 0 Å². The highest BCUT2D eigenvalue weighted by atomic mass is 19.1. The zero-order valence-corrected chi connectivity index (χ0v) is 21.1. The van der Waals surface area contributed by atoms with Gasteiger partial charge in [0.1, 0.15) is 28.8 Å².